The molecule has 0 bridgehead atoms. The molecule has 0 heterocycles. The van der Waals surface area contributed by atoms with Gasteiger partial charge in [0.1, 0.15) is 12.6 Å². The van der Waals surface area contributed by atoms with Gasteiger partial charge in [-0.25, -0.2) is 0 Å². The quantitative estimate of drug-likeness (QED) is 0.437. The summed E-state index contributed by atoms with van der Waals surface area (Å²) >= 11 is 0. The predicted octanol–water partition coefficient (Wildman–Crippen LogP) is 1.94. The number of nitriles is 1. The van der Waals surface area contributed by atoms with Crippen LogP contribution in [0.4, 0.5) is 0 Å². The molecule has 2 aromatic rings. The molecular weight excluding hydrogens is 378 g/mol. The van der Waals surface area contributed by atoms with E-state index in [1.807, 2.05) is 24.3 Å². The van der Waals surface area contributed by atoms with E-state index in [1.165, 1.54) is 5.56 Å². The van der Waals surface area contributed by atoms with Gasteiger partial charge in [-0.2, -0.15) is 5.26 Å². The van der Waals surface area contributed by atoms with Crippen molar-refractivity contribution >= 4 is 11.7 Å². The first-order chi connectivity index (χ1) is 14.6. The summed E-state index contributed by atoms with van der Waals surface area (Å²) in [4.78, 5) is 23.7. The monoisotopic (exact) mass is 403 g/mol. The van der Waals surface area contributed by atoms with Crippen LogP contribution in [0.1, 0.15) is 46.3 Å². The van der Waals surface area contributed by atoms with Gasteiger partial charge in [-0.3, -0.25) is 9.59 Å². The van der Waals surface area contributed by atoms with Crippen molar-refractivity contribution in [2.24, 2.45) is 5.73 Å². The van der Waals surface area contributed by atoms with E-state index in [1.54, 1.807) is 24.3 Å². The molecule has 6 heteroatoms. The number of hydrogen-bond acceptors (Lipinski definition) is 5. The highest BCUT2D eigenvalue weighted by Crippen LogP contribution is 2.09. The fourth-order valence-corrected chi connectivity index (χ4v) is 2.76. The summed E-state index contributed by atoms with van der Waals surface area (Å²) in [6, 6.07) is 16.0. The van der Waals surface area contributed by atoms with Crippen molar-refractivity contribution in [1.82, 2.24) is 5.32 Å². The summed E-state index contributed by atoms with van der Waals surface area (Å²) in [5.41, 5.74) is 8.72. The molecule has 0 aromatic heterocycles. The fraction of sp³-hybridized carbons (Fsp3) is 0.292. The molecule has 0 spiro atoms. The number of nitrogens with zero attached hydrogens (tertiary/aromatic N) is 1. The number of aliphatic hydroxyl groups is 1. The molecule has 0 aliphatic carbocycles. The van der Waals surface area contributed by atoms with Crippen LogP contribution in [0.5, 0.6) is 0 Å². The summed E-state index contributed by atoms with van der Waals surface area (Å²) in [7, 11) is 0. The highest BCUT2D eigenvalue weighted by atomic mass is 16.3. The number of ketones is 1. The third-order valence-corrected chi connectivity index (χ3v) is 4.54. The van der Waals surface area contributed by atoms with Gasteiger partial charge in [0.2, 0.25) is 0 Å². The molecular formula is C24H25N3O3. The van der Waals surface area contributed by atoms with Gasteiger partial charge >= 0.3 is 0 Å². The van der Waals surface area contributed by atoms with Crippen LogP contribution >= 0.6 is 0 Å². The molecule has 0 fully saturated rings. The maximum Gasteiger partial charge on any atom is 0.251 e. The Bertz CT molecular complexity index is 948. The number of aryl methyl sites for hydroxylation is 1. The maximum absolute atomic E-state index is 12.2. The van der Waals surface area contributed by atoms with Crippen molar-refractivity contribution in [3.05, 3.63) is 70.8 Å². The molecule has 6 nitrogen and oxygen atoms in total. The highest BCUT2D eigenvalue weighted by Gasteiger charge is 2.18. The number of carbonyl (C=O) groups is 2. The van der Waals surface area contributed by atoms with Gasteiger partial charge in [0.15, 0.2) is 5.78 Å². The lowest BCUT2D eigenvalue weighted by Gasteiger charge is -2.14. The minimum atomic E-state index is -0.906. The Kier molecular flexibility index (Phi) is 9.27. The van der Waals surface area contributed by atoms with Crippen LogP contribution in [0.25, 0.3) is 0 Å². The SMILES string of the molecule is N#CCCCCc1ccc(C#Cc2ccc(C(=O)N[C@@H](CN)C(=O)CO)cc2)cc1. The Labute approximate surface area is 176 Å². The average molecular weight is 403 g/mol. The normalized spacial score (nSPS) is 11.0. The Morgan fingerprint density at radius 2 is 1.60 bits per heavy atom. The van der Waals surface area contributed by atoms with E-state index in [0.717, 1.165) is 30.4 Å². The first kappa shape index (κ1) is 22.8. The number of aliphatic hydroxyl groups excluding tert-OH is 1. The summed E-state index contributed by atoms with van der Waals surface area (Å²) in [6.45, 7) is -0.744. The number of nitrogens with one attached hydrogen (secondary N) is 1. The molecule has 0 aliphatic heterocycles. The van der Waals surface area contributed by atoms with Gasteiger partial charge in [0.25, 0.3) is 5.91 Å². The molecule has 0 radical (unpaired) electrons. The van der Waals surface area contributed by atoms with E-state index in [4.69, 9.17) is 16.1 Å². The third kappa shape index (κ3) is 7.18. The first-order valence-electron chi connectivity index (χ1n) is 9.80. The molecule has 2 rings (SSSR count). The van der Waals surface area contributed by atoms with E-state index in [2.05, 4.69) is 23.2 Å². The second kappa shape index (κ2) is 12.2. The van der Waals surface area contributed by atoms with Crippen molar-refractivity contribution < 1.29 is 14.7 Å². The number of carbonyl (C=O) groups excluding carboxylic acids is 2. The smallest absolute Gasteiger partial charge is 0.251 e. The number of nitrogens with two attached hydrogens (primary N) is 1. The lowest BCUT2D eigenvalue weighted by atomic mass is 10.1. The van der Waals surface area contributed by atoms with Crippen molar-refractivity contribution in [2.45, 2.75) is 31.7 Å². The third-order valence-electron chi connectivity index (χ3n) is 4.54. The second-order valence-corrected chi connectivity index (χ2v) is 6.78. The zero-order chi connectivity index (χ0) is 21.8. The number of rotatable bonds is 9. The van der Waals surface area contributed by atoms with Gasteiger partial charge in [-0.15, -0.1) is 0 Å². The molecule has 0 saturated carbocycles. The topological polar surface area (TPSA) is 116 Å². The van der Waals surface area contributed by atoms with Crippen LogP contribution in [0, 0.1) is 23.2 Å². The van der Waals surface area contributed by atoms with Crippen LogP contribution in [-0.4, -0.2) is 36.0 Å². The fourth-order valence-electron chi connectivity index (χ4n) is 2.76. The Balaban J connectivity index is 1.95. The summed E-state index contributed by atoms with van der Waals surface area (Å²) in [6.07, 6.45) is 3.46. The summed E-state index contributed by atoms with van der Waals surface area (Å²) in [5.74, 6) is 5.20. The lowest BCUT2D eigenvalue weighted by Crippen LogP contribution is -2.46. The predicted molar refractivity (Wildman–Crippen MR) is 114 cm³/mol. The minimum absolute atomic E-state index is 0.0760. The molecule has 1 atom stereocenters. The van der Waals surface area contributed by atoms with Crippen LogP contribution in [-0.2, 0) is 11.2 Å². The highest BCUT2D eigenvalue weighted by molar-refractivity contribution is 5.98. The molecule has 0 aliphatic rings. The van der Waals surface area contributed by atoms with Crippen molar-refractivity contribution in [1.29, 1.82) is 5.26 Å². The van der Waals surface area contributed by atoms with Gasteiger partial charge in [0, 0.05) is 29.7 Å². The molecule has 0 unspecified atom stereocenters. The number of amides is 1. The lowest BCUT2D eigenvalue weighted by molar-refractivity contribution is -0.123. The number of Topliss-reactive ketones (excluding diaryl/α,β-unsaturated/α-hetero) is 1. The van der Waals surface area contributed by atoms with Crippen LogP contribution in [0.15, 0.2) is 48.5 Å². The Morgan fingerprint density at radius 3 is 2.13 bits per heavy atom. The van der Waals surface area contributed by atoms with E-state index < -0.39 is 24.3 Å². The number of unbranched alkanes of at least 4 members (excludes halogenated alkanes) is 2. The first-order valence-corrected chi connectivity index (χ1v) is 9.80. The van der Waals surface area contributed by atoms with Crippen molar-refractivity contribution in [3.63, 3.8) is 0 Å². The van der Waals surface area contributed by atoms with Gasteiger partial charge in [-0.05, 0) is 61.2 Å². The van der Waals surface area contributed by atoms with Crippen LogP contribution < -0.4 is 11.1 Å². The standard InChI is InChI=1S/C24H25N3O3/c25-15-3-1-2-4-18-5-7-19(8-6-18)9-10-20-11-13-21(14-12-20)24(30)27-22(16-26)23(29)17-28/h5-8,11-14,22,28H,1-4,16-17,26H2,(H,27,30)/t22-/m0/s1. The van der Waals surface area contributed by atoms with Crippen molar-refractivity contribution in [2.75, 3.05) is 13.2 Å². The number of hydrogen-bond donors (Lipinski definition) is 3. The summed E-state index contributed by atoms with van der Waals surface area (Å²) in [5, 5.41) is 20.0. The Hall–Kier alpha value is -3.45. The largest absolute Gasteiger partial charge is 0.388 e. The molecule has 1 amide bonds. The van der Waals surface area contributed by atoms with Crippen LogP contribution in [0.3, 0.4) is 0 Å². The molecule has 2 aromatic carbocycles. The van der Waals surface area contributed by atoms with Crippen molar-refractivity contribution in [3.8, 4) is 17.9 Å². The van der Waals surface area contributed by atoms with Gasteiger partial charge in [-0.1, -0.05) is 24.0 Å². The minimum Gasteiger partial charge on any atom is -0.388 e. The van der Waals surface area contributed by atoms with E-state index in [9.17, 15) is 9.59 Å². The molecule has 4 N–H and O–H groups in total. The average Bonchev–Trinajstić information content (AvgIpc) is 2.79. The van der Waals surface area contributed by atoms with E-state index in [-0.39, 0.29) is 6.54 Å². The van der Waals surface area contributed by atoms with E-state index >= 15 is 0 Å². The van der Waals surface area contributed by atoms with Gasteiger partial charge < -0.3 is 16.2 Å². The van der Waals surface area contributed by atoms with E-state index in [0.29, 0.717) is 12.0 Å². The van der Waals surface area contributed by atoms with Crippen LogP contribution in [0.2, 0.25) is 0 Å². The zero-order valence-electron chi connectivity index (χ0n) is 16.7. The molecule has 154 valence electrons. The van der Waals surface area contributed by atoms with Gasteiger partial charge in [0.05, 0.1) is 6.07 Å². The second-order valence-electron chi connectivity index (χ2n) is 6.78. The number of benzene rings is 2. The zero-order valence-corrected chi connectivity index (χ0v) is 16.7. The summed E-state index contributed by atoms with van der Waals surface area (Å²) < 4.78 is 0. The molecule has 0 saturated heterocycles. The Morgan fingerprint density at radius 1 is 1.00 bits per heavy atom. The maximum atomic E-state index is 12.2. The molecule has 30 heavy (non-hydrogen) atoms.